The van der Waals surface area contributed by atoms with E-state index >= 15 is 0 Å². The molecule has 0 fully saturated rings. The molecular weight excluding hydrogens is 256 g/mol. The second-order valence-electron chi connectivity index (χ2n) is 5.58. The number of fused-ring (bicyclic) bond motifs is 1. The first kappa shape index (κ1) is 16.0. The Hall–Kier alpha value is -1.10. The number of hydrogen-bond acceptors (Lipinski definition) is 3. The Bertz CT molecular complexity index is 537. The lowest BCUT2D eigenvalue weighted by molar-refractivity contribution is 0.159. The molecule has 0 saturated heterocycles. The lowest BCUT2D eigenvalue weighted by atomic mass is 10.1. The normalized spacial score (nSPS) is 13.1. The highest BCUT2D eigenvalue weighted by Crippen LogP contribution is 2.16. The van der Waals surface area contributed by atoms with Crippen molar-refractivity contribution in [1.29, 1.82) is 0 Å². The minimum absolute atomic E-state index is 0. The summed E-state index contributed by atoms with van der Waals surface area (Å²) < 4.78 is 0. The van der Waals surface area contributed by atoms with Gasteiger partial charge < -0.3 is 10.4 Å². The van der Waals surface area contributed by atoms with Crippen molar-refractivity contribution < 1.29 is 5.11 Å². The van der Waals surface area contributed by atoms with Gasteiger partial charge in [0, 0.05) is 17.5 Å². The molecule has 0 unspecified atom stereocenters. The van der Waals surface area contributed by atoms with Gasteiger partial charge >= 0.3 is 0 Å². The van der Waals surface area contributed by atoms with Crippen molar-refractivity contribution in [3.05, 3.63) is 42.1 Å². The molecule has 0 aliphatic heterocycles. The third kappa shape index (κ3) is 4.49. The van der Waals surface area contributed by atoms with E-state index in [0.29, 0.717) is 12.2 Å². The number of β-amino-alcohol motifs (C(OH)–C–C–N with tert-alkyl or cyclic N) is 1. The largest absolute Gasteiger partial charge is 0.385 e. The van der Waals surface area contributed by atoms with Crippen LogP contribution in [0, 0.1) is 0 Å². The molecule has 0 bridgehead atoms. The van der Waals surface area contributed by atoms with E-state index in [2.05, 4.69) is 31.1 Å². The highest BCUT2D eigenvalue weighted by molar-refractivity contribution is 7.59. The van der Waals surface area contributed by atoms with Crippen LogP contribution in [0.1, 0.15) is 32.6 Å². The van der Waals surface area contributed by atoms with E-state index in [0.717, 1.165) is 10.9 Å². The van der Waals surface area contributed by atoms with Crippen LogP contribution < -0.4 is 5.32 Å². The molecule has 3 nitrogen and oxygen atoms in total. The lowest BCUT2D eigenvalue weighted by Gasteiger charge is -2.22. The number of nitrogens with one attached hydrogen (secondary N) is 1. The van der Waals surface area contributed by atoms with Gasteiger partial charge in [-0.25, -0.2) is 0 Å². The Kier molecular flexibility index (Phi) is 5.35. The third-order valence-electron chi connectivity index (χ3n) is 2.79. The smallest absolute Gasteiger partial charge is 0.108 e. The molecule has 104 valence electrons. The molecule has 4 heteroatoms. The van der Waals surface area contributed by atoms with Gasteiger partial charge in [0.05, 0.1) is 11.2 Å². The molecule has 0 spiro atoms. The molecule has 0 aliphatic carbocycles. The van der Waals surface area contributed by atoms with Crippen LogP contribution in [0.5, 0.6) is 0 Å². The summed E-state index contributed by atoms with van der Waals surface area (Å²) in [5.41, 5.74) is 1.63. The van der Waals surface area contributed by atoms with E-state index in [1.807, 2.05) is 36.4 Å². The van der Waals surface area contributed by atoms with Gasteiger partial charge in [0.15, 0.2) is 0 Å². The Morgan fingerprint density at radius 3 is 2.53 bits per heavy atom. The first-order valence-corrected chi connectivity index (χ1v) is 6.24. The molecule has 1 heterocycles. The first-order valence-electron chi connectivity index (χ1n) is 6.24. The predicted molar refractivity (Wildman–Crippen MR) is 84.8 cm³/mol. The monoisotopic (exact) mass is 278 g/mol. The topological polar surface area (TPSA) is 45.1 Å². The number of benzene rings is 1. The standard InChI is InChI=1S/C15H20N2O.H2S/c1-15(2,3)16-10-14(18)13-9-8-11-6-4-5-7-12(11)17-13;/h4-9,14,16,18H,10H2,1-3H3;1H2/t14-;/m0./s1. The van der Waals surface area contributed by atoms with E-state index in [4.69, 9.17) is 0 Å². The number of hydrogen-bond donors (Lipinski definition) is 2. The van der Waals surface area contributed by atoms with Crippen molar-refractivity contribution >= 4 is 24.4 Å². The van der Waals surface area contributed by atoms with Crippen molar-refractivity contribution in [3.63, 3.8) is 0 Å². The summed E-state index contributed by atoms with van der Waals surface area (Å²) in [5.74, 6) is 0. The van der Waals surface area contributed by atoms with Gasteiger partial charge in [-0.15, -0.1) is 0 Å². The molecule has 1 aromatic heterocycles. The summed E-state index contributed by atoms with van der Waals surface area (Å²) in [7, 11) is 0. The number of para-hydroxylation sites is 1. The molecule has 0 aliphatic rings. The van der Waals surface area contributed by atoms with Crippen molar-refractivity contribution in [3.8, 4) is 0 Å². The van der Waals surface area contributed by atoms with Crippen molar-refractivity contribution in [2.45, 2.75) is 32.4 Å². The van der Waals surface area contributed by atoms with Gasteiger partial charge in [-0.05, 0) is 32.9 Å². The highest BCUT2D eigenvalue weighted by Gasteiger charge is 2.14. The fraction of sp³-hybridized carbons (Fsp3) is 0.400. The Labute approximate surface area is 121 Å². The van der Waals surface area contributed by atoms with Crippen LogP contribution in [0.2, 0.25) is 0 Å². The lowest BCUT2D eigenvalue weighted by Crippen LogP contribution is -2.38. The quantitative estimate of drug-likeness (QED) is 0.907. The van der Waals surface area contributed by atoms with Crippen LogP contribution in [-0.4, -0.2) is 22.2 Å². The van der Waals surface area contributed by atoms with E-state index in [1.165, 1.54) is 0 Å². The molecule has 2 rings (SSSR count). The second-order valence-corrected chi connectivity index (χ2v) is 5.58. The zero-order valence-corrected chi connectivity index (χ0v) is 12.6. The number of pyridine rings is 1. The van der Waals surface area contributed by atoms with Crippen LogP contribution in [0.4, 0.5) is 0 Å². The predicted octanol–water partition coefficient (Wildman–Crippen LogP) is 2.77. The van der Waals surface area contributed by atoms with E-state index in [9.17, 15) is 5.11 Å². The maximum absolute atomic E-state index is 10.1. The summed E-state index contributed by atoms with van der Waals surface area (Å²) in [4.78, 5) is 4.49. The molecule has 1 aromatic carbocycles. The van der Waals surface area contributed by atoms with Crippen molar-refractivity contribution in [1.82, 2.24) is 10.3 Å². The second kappa shape index (κ2) is 6.37. The average molecular weight is 278 g/mol. The van der Waals surface area contributed by atoms with Gasteiger partial charge in [0.1, 0.15) is 6.10 Å². The van der Waals surface area contributed by atoms with Gasteiger partial charge in [0.25, 0.3) is 0 Å². The third-order valence-corrected chi connectivity index (χ3v) is 2.79. The van der Waals surface area contributed by atoms with Crippen LogP contribution in [0.15, 0.2) is 36.4 Å². The number of rotatable bonds is 3. The van der Waals surface area contributed by atoms with E-state index < -0.39 is 6.10 Å². The molecule has 0 saturated carbocycles. The molecule has 2 aromatic rings. The van der Waals surface area contributed by atoms with Crippen LogP contribution >= 0.6 is 13.5 Å². The Morgan fingerprint density at radius 1 is 1.16 bits per heavy atom. The molecule has 1 atom stereocenters. The van der Waals surface area contributed by atoms with Crippen molar-refractivity contribution in [2.75, 3.05) is 6.54 Å². The Morgan fingerprint density at radius 2 is 1.84 bits per heavy atom. The maximum atomic E-state index is 10.1. The van der Waals surface area contributed by atoms with Gasteiger partial charge in [-0.1, -0.05) is 24.3 Å². The first-order chi connectivity index (χ1) is 8.46. The highest BCUT2D eigenvalue weighted by atomic mass is 32.1. The number of aliphatic hydroxyl groups excluding tert-OH is 1. The zero-order valence-electron chi connectivity index (χ0n) is 11.6. The zero-order chi connectivity index (χ0) is 13.2. The van der Waals surface area contributed by atoms with Crippen LogP contribution in [-0.2, 0) is 0 Å². The molecular formula is C15H22N2OS. The Balaban J connectivity index is 0.00000180. The molecule has 0 radical (unpaired) electrons. The van der Waals surface area contributed by atoms with Gasteiger partial charge in [0.2, 0.25) is 0 Å². The average Bonchev–Trinajstić information content (AvgIpc) is 2.34. The summed E-state index contributed by atoms with van der Waals surface area (Å²) >= 11 is 0. The number of aromatic nitrogens is 1. The van der Waals surface area contributed by atoms with Crippen LogP contribution in [0.3, 0.4) is 0 Å². The summed E-state index contributed by atoms with van der Waals surface area (Å²) in [6, 6.07) is 11.8. The van der Waals surface area contributed by atoms with Gasteiger partial charge in [-0.3, -0.25) is 4.98 Å². The summed E-state index contributed by atoms with van der Waals surface area (Å²) in [6.07, 6.45) is -0.575. The summed E-state index contributed by atoms with van der Waals surface area (Å²) in [6.45, 7) is 6.74. The number of aliphatic hydroxyl groups is 1. The van der Waals surface area contributed by atoms with Crippen molar-refractivity contribution in [2.24, 2.45) is 0 Å². The molecule has 2 N–H and O–H groups in total. The van der Waals surface area contributed by atoms with E-state index in [-0.39, 0.29) is 19.0 Å². The number of nitrogens with zero attached hydrogens (tertiary/aromatic N) is 1. The van der Waals surface area contributed by atoms with E-state index in [1.54, 1.807) is 0 Å². The van der Waals surface area contributed by atoms with Gasteiger partial charge in [-0.2, -0.15) is 13.5 Å². The minimum atomic E-state index is -0.575. The fourth-order valence-corrected chi connectivity index (χ4v) is 1.77. The van der Waals surface area contributed by atoms with Crippen LogP contribution in [0.25, 0.3) is 10.9 Å². The summed E-state index contributed by atoms with van der Waals surface area (Å²) in [5, 5.41) is 14.5. The maximum Gasteiger partial charge on any atom is 0.108 e. The minimum Gasteiger partial charge on any atom is -0.385 e. The molecule has 19 heavy (non-hydrogen) atoms. The molecule has 0 amide bonds. The fourth-order valence-electron chi connectivity index (χ4n) is 1.77. The SMILES string of the molecule is CC(C)(C)NC[C@H](O)c1ccc2ccccc2n1.S.